The Morgan fingerprint density at radius 3 is 2.64 bits per heavy atom. The minimum atomic E-state index is -0.0536. The van der Waals surface area contributed by atoms with Gasteiger partial charge < -0.3 is 9.80 Å². The molecule has 1 saturated heterocycles. The van der Waals surface area contributed by atoms with Gasteiger partial charge >= 0.3 is 0 Å². The van der Waals surface area contributed by atoms with Gasteiger partial charge in [0.2, 0.25) is 5.91 Å². The van der Waals surface area contributed by atoms with Gasteiger partial charge in [-0.2, -0.15) is 5.10 Å². The van der Waals surface area contributed by atoms with Crippen molar-refractivity contribution in [2.45, 2.75) is 20.4 Å². The summed E-state index contributed by atoms with van der Waals surface area (Å²) >= 11 is 1.27. The molecule has 2 aromatic rings. The van der Waals surface area contributed by atoms with Crippen LogP contribution in [0.5, 0.6) is 0 Å². The Hall–Kier alpha value is -2.28. The predicted molar refractivity (Wildman–Crippen MR) is 98.9 cm³/mol. The first kappa shape index (κ1) is 17.5. The molecular formula is C18H22N4O2S. The van der Waals surface area contributed by atoms with Gasteiger partial charge in [-0.05, 0) is 26.0 Å². The molecule has 25 heavy (non-hydrogen) atoms. The Morgan fingerprint density at radius 2 is 2.00 bits per heavy atom. The fraction of sp³-hybridized carbons (Fsp3) is 0.389. The molecule has 1 fully saturated rings. The molecule has 3 rings (SSSR count). The molecule has 0 unspecified atom stereocenters. The van der Waals surface area contributed by atoms with E-state index in [0.29, 0.717) is 13.1 Å². The fourth-order valence-corrected chi connectivity index (χ4v) is 3.73. The first-order chi connectivity index (χ1) is 12.0. The van der Waals surface area contributed by atoms with Crippen LogP contribution < -0.4 is 0 Å². The lowest BCUT2D eigenvalue weighted by atomic mass is 10.2. The molecule has 0 radical (unpaired) electrons. The van der Waals surface area contributed by atoms with E-state index < -0.39 is 0 Å². The van der Waals surface area contributed by atoms with E-state index in [1.165, 1.54) is 11.8 Å². The summed E-state index contributed by atoms with van der Waals surface area (Å²) in [4.78, 5) is 27.4. The zero-order valence-electron chi connectivity index (χ0n) is 14.7. The second kappa shape index (κ2) is 7.31. The average molecular weight is 358 g/mol. The van der Waals surface area contributed by atoms with Crippen LogP contribution in [0.15, 0.2) is 30.3 Å². The van der Waals surface area contributed by atoms with Crippen molar-refractivity contribution in [3.05, 3.63) is 47.3 Å². The van der Waals surface area contributed by atoms with Gasteiger partial charge in [-0.15, -0.1) is 0 Å². The number of para-hydroxylation sites is 1. The van der Waals surface area contributed by atoms with E-state index in [4.69, 9.17) is 0 Å². The molecule has 0 bridgehead atoms. The molecule has 0 aliphatic carbocycles. The Balaban J connectivity index is 1.73. The normalized spacial score (nSPS) is 14.2. The zero-order valence-corrected chi connectivity index (χ0v) is 15.5. The fourth-order valence-electron chi connectivity index (χ4n) is 2.90. The number of benzene rings is 1. The molecular weight excluding hydrogens is 336 g/mol. The summed E-state index contributed by atoms with van der Waals surface area (Å²) in [6.07, 6.45) is 0. The van der Waals surface area contributed by atoms with E-state index in [1.807, 2.05) is 48.9 Å². The molecule has 132 valence electrons. The summed E-state index contributed by atoms with van der Waals surface area (Å²) in [5, 5.41) is 4.61. The van der Waals surface area contributed by atoms with E-state index in [9.17, 15) is 9.59 Å². The van der Waals surface area contributed by atoms with E-state index >= 15 is 0 Å². The first-order valence-electron chi connectivity index (χ1n) is 8.23. The summed E-state index contributed by atoms with van der Waals surface area (Å²) in [5.74, 6) is 0.708. The van der Waals surface area contributed by atoms with Crippen molar-refractivity contribution >= 4 is 22.9 Å². The third kappa shape index (κ3) is 3.71. The molecule has 6 nitrogen and oxygen atoms in total. The van der Waals surface area contributed by atoms with Gasteiger partial charge in [0.05, 0.1) is 11.4 Å². The first-order valence-corrected chi connectivity index (χ1v) is 9.22. The van der Waals surface area contributed by atoms with Gasteiger partial charge in [-0.25, -0.2) is 4.68 Å². The predicted octanol–water partition coefficient (Wildman–Crippen LogP) is 2.62. The van der Waals surface area contributed by atoms with Crippen LogP contribution in [0.2, 0.25) is 0 Å². The lowest BCUT2D eigenvalue weighted by Gasteiger charge is -2.21. The second-order valence-electron chi connectivity index (χ2n) is 6.18. The van der Waals surface area contributed by atoms with Gasteiger partial charge in [0, 0.05) is 37.1 Å². The maximum Gasteiger partial charge on any atom is 0.282 e. The van der Waals surface area contributed by atoms with Gasteiger partial charge in [-0.3, -0.25) is 9.59 Å². The molecule has 1 aliphatic rings. The summed E-state index contributed by atoms with van der Waals surface area (Å²) < 4.78 is 1.91. The number of carbonyl (C=O) groups excluding carboxylic acids is 2. The van der Waals surface area contributed by atoms with Crippen molar-refractivity contribution in [2.75, 3.05) is 25.9 Å². The standard InChI is InChI=1S/C18H22N4O2S/c1-13-16(14(2)22(19-13)15-7-5-4-6-8-15)11-20(3)17(23)12-21-9-10-25-18(21)24/h4-8H,9-12H2,1-3H3. The summed E-state index contributed by atoms with van der Waals surface area (Å²) in [6, 6.07) is 9.95. The summed E-state index contributed by atoms with van der Waals surface area (Å²) in [6.45, 7) is 5.25. The number of carbonyl (C=O) groups is 2. The zero-order chi connectivity index (χ0) is 18.0. The van der Waals surface area contributed by atoms with E-state index in [1.54, 1.807) is 16.8 Å². The largest absolute Gasteiger partial charge is 0.340 e. The van der Waals surface area contributed by atoms with Crippen LogP contribution in [0, 0.1) is 13.8 Å². The number of nitrogens with zero attached hydrogens (tertiary/aromatic N) is 4. The van der Waals surface area contributed by atoms with Gasteiger partial charge in [0.1, 0.15) is 6.54 Å². The molecule has 1 aromatic heterocycles. The molecule has 2 amide bonds. The highest BCUT2D eigenvalue weighted by atomic mass is 32.2. The lowest BCUT2D eigenvalue weighted by molar-refractivity contribution is -0.130. The number of aromatic nitrogens is 2. The number of hydrogen-bond donors (Lipinski definition) is 0. The highest BCUT2D eigenvalue weighted by Crippen LogP contribution is 2.20. The Morgan fingerprint density at radius 1 is 1.28 bits per heavy atom. The van der Waals surface area contributed by atoms with Crippen molar-refractivity contribution in [1.29, 1.82) is 0 Å². The Bertz CT molecular complexity index is 788. The minimum Gasteiger partial charge on any atom is -0.340 e. The van der Waals surface area contributed by atoms with E-state index in [0.717, 1.165) is 28.4 Å². The minimum absolute atomic E-state index is 0.00833. The van der Waals surface area contributed by atoms with Gasteiger partial charge in [-0.1, -0.05) is 30.0 Å². The van der Waals surface area contributed by atoms with Gasteiger partial charge in [0.25, 0.3) is 5.24 Å². The number of hydrogen-bond acceptors (Lipinski definition) is 4. The molecule has 7 heteroatoms. The van der Waals surface area contributed by atoms with E-state index in [2.05, 4.69) is 5.10 Å². The van der Waals surface area contributed by atoms with Crippen LogP contribution in [0.25, 0.3) is 5.69 Å². The third-order valence-electron chi connectivity index (χ3n) is 4.43. The van der Waals surface area contributed by atoms with Gasteiger partial charge in [0.15, 0.2) is 0 Å². The second-order valence-corrected chi connectivity index (χ2v) is 7.23. The van der Waals surface area contributed by atoms with Crippen LogP contribution in [-0.2, 0) is 11.3 Å². The van der Waals surface area contributed by atoms with Crippen LogP contribution >= 0.6 is 11.8 Å². The highest BCUT2D eigenvalue weighted by Gasteiger charge is 2.25. The molecule has 0 saturated carbocycles. The number of thioether (sulfide) groups is 1. The topological polar surface area (TPSA) is 58.4 Å². The lowest BCUT2D eigenvalue weighted by Crippen LogP contribution is -2.38. The summed E-state index contributed by atoms with van der Waals surface area (Å²) in [7, 11) is 1.77. The number of rotatable bonds is 5. The smallest absolute Gasteiger partial charge is 0.282 e. The summed E-state index contributed by atoms with van der Waals surface area (Å²) in [5.41, 5.74) is 3.98. The number of aryl methyl sites for hydroxylation is 1. The quantitative estimate of drug-likeness (QED) is 0.824. The molecule has 1 aliphatic heterocycles. The molecule has 0 atom stereocenters. The average Bonchev–Trinajstić information content (AvgIpc) is 3.13. The third-order valence-corrected chi connectivity index (χ3v) is 5.33. The van der Waals surface area contributed by atoms with Crippen LogP contribution in [0.3, 0.4) is 0 Å². The molecule has 2 heterocycles. The van der Waals surface area contributed by atoms with Crippen molar-refractivity contribution < 1.29 is 9.59 Å². The van der Waals surface area contributed by atoms with E-state index in [-0.39, 0.29) is 17.7 Å². The van der Waals surface area contributed by atoms with Crippen molar-refractivity contribution in [1.82, 2.24) is 19.6 Å². The highest BCUT2D eigenvalue weighted by molar-refractivity contribution is 8.13. The molecule has 0 N–H and O–H groups in total. The van der Waals surface area contributed by atoms with Crippen LogP contribution in [0.1, 0.15) is 17.0 Å². The van der Waals surface area contributed by atoms with Crippen LogP contribution in [0.4, 0.5) is 4.79 Å². The van der Waals surface area contributed by atoms with Crippen molar-refractivity contribution in [2.24, 2.45) is 0 Å². The van der Waals surface area contributed by atoms with Crippen LogP contribution in [-0.4, -0.2) is 56.6 Å². The Labute approximate surface area is 151 Å². The number of amides is 2. The van der Waals surface area contributed by atoms with Crippen molar-refractivity contribution in [3.63, 3.8) is 0 Å². The monoisotopic (exact) mass is 358 g/mol. The molecule has 0 spiro atoms. The number of likely N-dealkylation sites (N-methyl/N-ethyl adjacent to an activating group) is 1. The SMILES string of the molecule is Cc1nn(-c2ccccc2)c(C)c1CN(C)C(=O)CN1CCSC1=O. The molecule has 1 aromatic carbocycles. The van der Waals surface area contributed by atoms with Crippen molar-refractivity contribution in [3.8, 4) is 5.69 Å². The maximum absolute atomic E-state index is 12.4. The maximum atomic E-state index is 12.4. The Kier molecular flexibility index (Phi) is 5.13.